The maximum absolute atomic E-state index is 13.0. The van der Waals surface area contributed by atoms with Gasteiger partial charge < -0.3 is 5.11 Å². The largest absolute Gasteiger partial charge is 0.478 e. The predicted molar refractivity (Wildman–Crippen MR) is 61.6 cm³/mol. The number of halogens is 2. The van der Waals surface area contributed by atoms with Crippen LogP contribution < -0.4 is 5.48 Å². The molecule has 0 aliphatic heterocycles. The van der Waals surface area contributed by atoms with Crippen LogP contribution in [0.15, 0.2) is 12.1 Å². The molecule has 0 aliphatic carbocycles. The SMILES string of the molecule is CC(C)CONC(=O)c1cc(F)c(F)cc1C(=O)O. The molecular weight excluding hydrogens is 260 g/mol. The molecule has 5 nitrogen and oxygen atoms in total. The fourth-order valence-electron chi connectivity index (χ4n) is 1.24. The Morgan fingerprint density at radius 1 is 1.26 bits per heavy atom. The molecule has 0 aromatic heterocycles. The number of hydrogen-bond acceptors (Lipinski definition) is 3. The first-order valence-electron chi connectivity index (χ1n) is 5.47. The summed E-state index contributed by atoms with van der Waals surface area (Å²) in [6, 6.07) is 0.974. The Balaban J connectivity index is 2.95. The average Bonchev–Trinajstić information content (AvgIpc) is 2.31. The number of hydroxylamine groups is 1. The van der Waals surface area contributed by atoms with Gasteiger partial charge in [-0.1, -0.05) is 13.8 Å². The van der Waals surface area contributed by atoms with Crippen molar-refractivity contribution in [1.82, 2.24) is 5.48 Å². The lowest BCUT2D eigenvalue weighted by Crippen LogP contribution is -2.27. The summed E-state index contributed by atoms with van der Waals surface area (Å²) in [5.74, 6) is -4.98. The van der Waals surface area contributed by atoms with Gasteiger partial charge in [-0.15, -0.1) is 0 Å². The van der Waals surface area contributed by atoms with Crippen molar-refractivity contribution >= 4 is 11.9 Å². The molecule has 7 heteroatoms. The monoisotopic (exact) mass is 273 g/mol. The number of carboxylic acid groups (broad SMARTS) is 1. The second-order valence-corrected chi connectivity index (χ2v) is 4.25. The number of carbonyl (C=O) groups is 2. The molecule has 0 saturated heterocycles. The van der Waals surface area contributed by atoms with E-state index < -0.39 is 34.6 Å². The molecule has 0 spiro atoms. The van der Waals surface area contributed by atoms with Gasteiger partial charge >= 0.3 is 5.97 Å². The predicted octanol–water partition coefficient (Wildman–Crippen LogP) is 1.98. The molecule has 0 unspecified atom stereocenters. The molecule has 0 saturated carbocycles. The highest BCUT2D eigenvalue weighted by molar-refractivity contribution is 6.04. The summed E-state index contributed by atoms with van der Waals surface area (Å²) >= 11 is 0. The summed E-state index contributed by atoms with van der Waals surface area (Å²) < 4.78 is 26.0. The standard InChI is InChI=1S/C12H13F2NO4/c1-6(2)5-19-15-11(16)7-3-9(13)10(14)4-8(7)12(17)18/h3-4,6H,5H2,1-2H3,(H,15,16)(H,17,18). The fraction of sp³-hybridized carbons (Fsp3) is 0.333. The van der Waals surface area contributed by atoms with Crippen LogP contribution in [0.5, 0.6) is 0 Å². The van der Waals surface area contributed by atoms with Gasteiger partial charge in [0, 0.05) is 0 Å². The van der Waals surface area contributed by atoms with Gasteiger partial charge in [0.1, 0.15) is 0 Å². The molecular formula is C12H13F2NO4. The summed E-state index contributed by atoms with van der Waals surface area (Å²) in [6.07, 6.45) is 0. The quantitative estimate of drug-likeness (QED) is 0.804. The van der Waals surface area contributed by atoms with Crippen LogP contribution in [0, 0.1) is 17.6 Å². The Bertz CT molecular complexity index is 503. The van der Waals surface area contributed by atoms with E-state index in [1.165, 1.54) is 0 Å². The molecule has 1 rings (SSSR count). The minimum absolute atomic E-state index is 0.143. The van der Waals surface area contributed by atoms with E-state index in [0.717, 1.165) is 0 Å². The second-order valence-electron chi connectivity index (χ2n) is 4.25. The number of amides is 1. The molecule has 1 aromatic rings. The maximum atomic E-state index is 13.0. The van der Waals surface area contributed by atoms with Gasteiger partial charge in [-0.3, -0.25) is 9.63 Å². The van der Waals surface area contributed by atoms with Crippen molar-refractivity contribution in [3.05, 3.63) is 34.9 Å². The van der Waals surface area contributed by atoms with Gasteiger partial charge in [0.15, 0.2) is 11.6 Å². The van der Waals surface area contributed by atoms with E-state index in [9.17, 15) is 18.4 Å². The Labute approximate surface area is 108 Å². The third-order valence-corrected chi connectivity index (χ3v) is 2.12. The first-order valence-corrected chi connectivity index (χ1v) is 5.47. The summed E-state index contributed by atoms with van der Waals surface area (Å²) in [5.41, 5.74) is 0.842. The number of benzene rings is 1. The molecule has 0 aliphatic rings. The van der Waals surface area contributed by atoms with E-state index in [4.69, 9.17) is 9.94 Å². The number of aromatic carboxylic acids is 1. The zero-order valence-corrected chi connectivity index (χ0v) is 10.4. The number of carboxylic acids is 1. The maximum Gasteiger partial charge on any atom is 0.336 e. The molecule has 19 heavy (non-hydrogen) atoms. The zero-order valence-electron chi connectivity index (χ0n) is 10.4. The molecule has 1 amide bonds. The van der Waals surface area contributed by atoms with E-state index in [2.05, 4.69) is 0 Å². The molecule has 2 N–H and O–H groups in total. The van der Waals surface area contributed by atoms with Gasteiger partial charge in [-0.25, -0.2) is 19.1 Å². The van der Waals surface area contributed by atoms with Crippen LogP contribution in [-0.2, 0) is 4.84 Å². The Morgan fingerprint density at radius 3 is 2.26 bits per heavy atom. The summed E-state index contributed by atoms with van der Waals surface area (Å²) in [6.45, 7) is 3.89. The highest BCUT2D eigenvalue weighted by atomic mass is 19.2. The van der Waals surface area contributed by atoms with Crippen LogP contribution >= 0.6 is 0 Å². The molecule has 0 fully saturated rings. The topological polar surface area (TPSA) is 75.6 Å². The van der Waals surface area contributed by atoms with E-state index in [1.54, 1.807) is 0 Å². The van der Waals surface area contributed by atoms with E-state index in [-0.39, 0.29) is 12.5 Å². The summed E-state index contributed by atoms with van der Waals surface area (Å²) in [7, 11) is 0. The van der Waals surface area contributed by atoms with Gasteiger partial charge in [-0.05, 0) is 18.1 Å². The Kier molecular flexibility index (Phi) is 4.94. The summed E-state index contributed by atoms with van der Waals surface area (Å²) in [5, 5.41) is 8.83. The fourth-order valence-corrected chi connectivity index (χ4v) is 1.24. The van der Waals surface area contributed by atoms with Crippen molar-refractivity contribution in [2.45, 2.75) is 13.8 Å². The molecule has 0 atom stereocenters. The van der Waals surface area contributed by atoms with Gasteiger partial charge in [0.2, 0.25) is 0 Å². The number of hydrogen-bond donors (Lipinski definition) is 2. The van der Waals surface area contributed by atoms with Gasteiger partial charge in [-0.2, -0.15) is 0 Å². The van der Waals surface area contributed by atoms with Crippen LogP contribution in [0.25, 0.3) is 0 Å². The van der Waals surface area contributed by atoms with Crippen LogP contribution in [0.4, 0.5) is 8.78 Å². The van der Waals surface area contributed by atoms with Crippen LogP contribution in [-0.4, -0.2) is 23.6 Å². The van der Waals surface area contributed by atoms with Crippen molar-refractivity contribution < 1.29 is 28.3 Å². The van der Waals surface area contributed by atoms with Crippen molar-refractivity contribution in [1.29, 1.82) is 0 Å². The number of rotatable bonds is 5. The molecule has 104 valence electrons. The van der Waals surface area contributed by atoms with E-state index in [0.29, 0.717) is 12.1 Å². The highest BCUT2D eigenvalue weighted by Gasteiger charge is 2.20. The van der Waals surface area contributed by atoms with Crippen LogP contribution in [0.3, 0.4) is 0 Å². The van der Waals surface area contributed by atoms with Gasteiger partial charge in [0.05, 0.1) is 17.7 Å². The first kappa shape index (κ1) is 15.0. The van der Waals surface area contributed by atoms with Gasteiger partial charge in [0.25, 0.3) is 5.91 Å². The molecule has 0 bridgehead atoms. The molecule has 1 aromatic carbocycles. The average molecular weight is 273 g/mol. The summed E-state index contributed by atoms with van der Waals surface area (Å²) in [4.78, 5) is 27.3. The lowest BCUT2D eigenvalue weighted by Gasteiger charge is -2.10. The lowest BCUT2D eigenvalue weighted by molar-refractivity contribution is 0.0206. The number of nitrogens with one attached hydrogen (secondary N) is 1. The normalized spacial score (nSPS) is 10.6. The third kappa shape index (κ3) is 3.99. The van der Waals surface area contributed by atoms with Crippen LogP contribution in [0.1, 0.15) is 34.6 Å². The molecule has 0 radical (unpaired) electrons. The van der Waals surface area contributed by atoms with E-state index >= 15 is 0 Å². The number of carbonyl (C=O) groups excluding carboxylic acids is 1. The second kappa shape index (κ2) is 6.24. The minimum Gasteiger partial charge on any atom is -0.478 e. The Hall–Kier alpha value is -2.02. The smallest absolute Gasteiger partial charge is 0.336 e. The van der Waals surface area contributed by atoms with E-state index in [1.807, 2.05) is 19.3 Å². The van der Waals surface area contributed by atoms with Crippen LogP contribution in [0.2, 0.25) is 0 Å². The van der Waals surface area contributed by atoms with Crippen molar-refractivity contribution in [3.8, 4) is 0 Å². The first-order chi connectivity index (χ1) is 8.82. The van der Waals surface area contributed by atoms with Crippen molar-refractivity contribution in [2.75, 3.05) is 6.61 Å². The van der Waals surface area contributed by atoms with Crippen molar-refractivity contribution in [3.63, 3.8) is 0 Å². The third-order valence-electron chi connectivity index (χ3n) is 2.12. The zero-order chi connectivity index (χ0) is 14.6. The Morgan fingerprint density at radius 2 is 1.79 bits per heavy atom. The van der Waals surface area contributed by atoms with Crippen molar-refractivity contribution in [2.24, 2.45) is 5.92 Å². The lowest BCUT2D eigenvalue weighted by atomic mass is 10.1. The highest BCUT2D eigenvalue weighted by Crippen LogP contribution is 2.15. The molecule has 0 heterocycles. The minimum atomic E-state index is -1.53.